The molecule has 0 saturated heterocycles. The largest absolute Gasteiger partial charge is 0.494 e. The first-order chi connectivity index (χ1) is 16.9. The molecule has 0 aliphatic heterocycles. The van der Waals surface area contributed by atoms with Gasteiger partial charge in [0.15, 0.2) is 0 Å². The summed E-state index contributed by atoms with van der Waals surface area (Å²) in [7, 11) is 3.11. The number of aromatic nitrogens is 2. The molecule has 6 N–H and O–H groups in total. The number of nitrogens with two attached hydrogens (primary N) is 2. The molecular weight excluding hydrogens is 486 g/mol. The molecule has 1 atom stereocenters. The molecule has 1 unspecified atom stereocenters. The van der Waals surface area contributed by atoms with Crippen LogP contribution in [0.1, 0.15) is 48.4 Å². The van der Waals surface area contributed by atoms with E-state index in [2.05, 4.69) is 32.4 Å². The van der Waals surface area contributed by atoms with E-state index >= 15 is 0 Å². The van der Waals surface area contributed by atoms with Gasteiger partial charge in [-0.05, 0) is 31.1 Å². The van der Waals surface area contributed by atoms with Crippen molar-refractivity contribution in [2.45, 2.75) is 32.1 Å². The minimum atomic E-state index is -2.79. The maximum Gasteiger partial charge on any atom is 0.280 e. The topological polar surface area (TPSA) is 128 Å². The fourth-order valence-corrected chi connectivity index (χ4v) is 3.72. The third kappa shape index (κ3) is 7.65. The van der Waals surface area contributed by atoms with E-state index in [1.165, 1.54) is 37.3 Å². The van der Waals surface area contributed by atoms with E-state index < -0.39 is 23.4 Å². The lowest BCUT2D eigenvalue weighted by Crippen LogP contribution is -2.26. The standard InChI is InChI=1S/C24H28F2N6O2S.CH4/c1-29-18(7-8-27)19-9-15(16-10-20(23(25)26)31-12-21(16)34-2)17(11-30-19)24(33)32-13-35-22(28)6-5-14-3-4-14;/h7,9-12,14,22-23,29H,3-4,8,13,27-28H2,1-2H3,(H,32,33);1H4/b18-7-;. The van der Waals surface area contributed by atoms with Gasteiger partial charge in [-0.3, -0.25) is 14.8 Å². The number of nitrogens with zero attached hydrogens (tertiary/aromatic N) is 2. The van der Waals surface area contributed by atoms with Crippen LogP contribution in [0.4, 0.5) is 8.78 Å². The summed E-state index contributed by atoms with van der Waals surface area (Å²) < 4.78 is 32.2. The second-order valence-corrected chi connectivity index (χ2v) is 8.76. The molecule has 194 valence electrons. The highest BCUT2D eigenvalue weighted by Crippen LogP contribution is 2.35. The zero-order valence-corrected chi connectivity index (χ0v) is 20.3. The van der Waals surface area contributed by atoms with Crippen LogP contribution >= 0.6 is 11.8 Å². The Bertz CT molecular complexity index is 1150. The molecule has 1 aliphatic carbocycles. The van der Waals surface area contributed by atoms with Crippen LogP contribution in [0, 0.1) is 17.8 Å². The van der Waals surface area contributed by atoms with E-state index in [1.807, 2.05) is 0 Å². The number of amides is 1. The lowest BCUT2D eigenvalue weighted by atomic mass is 9.98. The highest BCUT2D eigenvalue weighted by atomic mass is 32.2. The highest BCUT2D eigenvalue weighted by molar-refractivity contribution is 8.00. The summed E-state index contributed by atoms with van der Waals surface area (Å²) in [6.45, 7) is 0.255. The van der Waals surface area contributed by atoms with Crippen molar-refractivity contribution in [1.82, 2.24) is 20.6 Å². The predicted octanol–water partition coefficient (Wildman–Crippen LogP) is 3.36. The molecule has 8 nitrogen and oxygen atoms in total. The Morgan fingerprint density at radius 3 is 2.67 bits per heavy atom. The van der Waals surface area contributed by atoms with Crippen LogP contribution in [0.3, 0.4) is 0 Å². The molecule has 2 heterocycles. The number of hydrogen-bond acceptors (Lipinski definition) is 8. The number of carbonyl (C=O) groups is 1. The molecule has 11 heteroatoms. The molecular formula is C25H32F2N6O2S. The monoisotopic (exact) mass is 518 g/mol. The van der Waals surface area contributed by atoms with E-state index in [4.69, 9.17) is 16.2 Å². The molecule has 1 aliphatic rings. The van der Waals surface area contributed by atoms with E-state index in [0.29, 0.717) is 22.9 Å². The van der Waals surface area contributed by atoms with Crippen LogP contribution in [0.25, 0.3) is 16.8 Å². The molecule has 1 fully saturated rings. The summed E-state index contributed by atoms with van der Waals surface area (Å²) in [5.74, 6) is 6.52. The Balaban J connectivity index is 0.00000456. The average molecular weight is 519 g/mol. The second kappa shape index (κ2) is 13.8. The maximum absolute atomic E-state index is 13.4. The Labute approximate surface area is 214 Å². The van der Waals surface area contributed by atoms with E-state index in [1.54, 1.807) is 19.2 Å². The number of carbonyl (C=O) groups excluding carboxylic acids is 1. The Morgan fingerprint density at radius 1 is 1.31 bits per heavy atom. The number of nitrogens with one attached hydrogen (secondary N) is 2. The van der Waals surface area contributed by atoms with Crippen molar-refractivity contribution < 1.29 is 18.3 Å². The SMILES string of the molecule is C.CN/C(=C\CN)c1cc(-c2cc(C(F)F)ncc2OC)c(C(=O)NCSC(N)C#CC2CC2)cn1. The smallest absolute Gasteiger partial charge is 0.280 e. The number of ether oxygens (including phenoxy) is 1. The van der Waals surface area contributed by atoms with Gasteiger partial charge in [-0.1, -0.05) is 19.3 Å². The van der Waals surface area contributed by atoms with Gasteiger partial charge < -0.3 is 26.8 Å². The summed E-state index contributed by atoms with van der Waals surface area (Å²) in [4.78, 5) is 21.2. The number of alkyl halides is 2. The Hall–Kier alpha value is -3.20. The van der Waals surface area contributed by atoms with Crippen molar-refractivity contribution in [2.24, 2.45) is 17.4 Å². The molecule has 3 rings (SSSR count). The number of thioether (sulfide) groups is 1. The third-order valence-corrected chi connectivity index (χ3v) is 5.93. The number of halogens is 2. The van der Waals surface area contributed by atoms with Gasteiger partial charge in [-0.15, -0.1) is 11.8 Å². The average Bonchev–Trinajstić information content (AvgIpc) is 3.69. The van der Waals surface area contributed by atoms with Crippen molar-refractivity contribution in [3.63, 3.8) is 0 Å². The number of pyridine rings is 2. The molecule has 0 bridgehead atoms. The summed E-state index contributed by atoms with van der Waals surface area (Å²) in [5, 5.41) is 5.36. The van der Waals surface area contributed by atoms with Crippen molar-refractivity contribution in [1.29, 1.82) is 0 Å². The molecule has 1 saturated carbocycles. The predicted molar refractivity (Wildman–Crippen MR) is 140 cm³/mol. The number of rotatable bonds is 10. The van der Waals surface area contributed by atoms with Crippen molar-refractivity contribution in [2.75, 3.05) is 26.6 Å². The Morgan fingerprint density at radius 2 is 2.06 bits per heavy atom. The molecule has 2 aromatic heterocycles. The molecule has 0 spiro atoms. The summed E-state index contributed by atoms with van der Waals surface area (Å²) in [5.41, 5.74) is 13.1. The van der Waals surface area contributed by atoms with Crippen molar-refractivity contribution >= 4 is 23.4 Å². The van der Waals surface area contributed by atoms with Gasteiger partial charge in [-0.2, -0.15) is 0 Å². The van der Waals surface area contributed by atoms with Crippen LogP contribution in [0.2, 0.25) is 0 Å². The zero-order valence-electron chi connectivity index (χ0n) is 19.5. The maximum atomic E-state index is 13.4. The molecule has 2 aromatic rings. The first kappa shape index (κ1) is 29.0. The van der Waals surface area contributed by atoms with E-state index in [9.17, 15) is 13.6 Å². The summed E-state index contributed by atoms with van der Waals surface area (Å²) in [6, 6.07) is 2.84. The van der Waals surface area contributed by atoms with Crippen LogP contribution in [-0.4, -0.2) is 47.8 Å². The molecule has 0 radical (unpaired) electrons. The minimum absolute atomic E-state index is 0. The van der Waals surface area contributed by atoms with Gasteiger partial charge in [-0.25, -0.2) is 8.78 Å². The van der Waals surface area contributed by atoms with Crippen LogP contribution in [-0.2, 0) is 0 Å². The highest BCUT2D eigenvalue weighted by Gasteiger charge is 2.21. The normalized spacial score (nSPS) is 13.8. The van der Waals surface area contributed by atoms with Gasteiger partial charge in [0.25, 0.3) is 12.3 Å². The van der Waals surface area contributed by atoms with Crippen LogP contribution in [0.15, 0.2) is 30.6 Å². The first-order valence-corrected chi connectivity index (χ1v) is 12.0. The third-order valence-electron chi connectivity index (χ3n) is 5.14. The lowest BCUT2D eigenvalue weighted by molar-refractivity contribution is 0.0961. The van der Waals surface area contributed by atoms with Crippen LogP contribution in [0.5, 0.6) is 5.75 Å². The minimum Gasteiger partial charge on any atom is -0.494 e. The van der Waals surface area contributed by atoms with Crippen molar-refractivity contribution in [3.8, 4) is 28.7 Å². The molecule has 1 amide bonds. The van der Waals surface area contributed by atoms with Gasteiger partial charge in [0.2, 0.25) is 0 Å². The fourth-order valence-electron chi connectivity index (χ4n) is 3.17. The quantitative estimate of drug-likeness (QED) is 0.278. The van der Waals surface area contributed by atoms with Gasteiger partial charge in [0.1, 0.15) is 16.8 Å². The number of methoxy groups -OCH3 is 1. The van der Waals surface area contributed by atoms with Crippen molar-refractivity contribution in [3.05, 3.63) is 47.6 Å². The van der Waals surface area contributed by atoms with Gasteiger partial charge in [0.05, 0.1) is 36.1 Å². The van der Waals surface area contributed by atoms with E-state index in [-0.39, 0.29) is 36.7 Å². The lowest BCUT2D eigenvalue weighted by Gasteiger charge is -2.16. The fraction of sp³-hybridized carbons (Fsp3) is 0.400. The summed E-state index contributed by atoms with van der Waals surface area (Å²) >= 11 is 1.29. The molecule has 36 heavy (non-hydrogen) atoms. The van der Waals surface area contributed by atoms with Crippen LogP contribution < -0.4 is 26.8 Å². The van der Waals surface area contributed by atoms with E-state index in [0.717, 1.165) is 12.8 Å². The Kier molecular flexibility index (Phi) is 11.1. The van der Waals surface area contributed by atoms with Gasteiger partial charge in [0, 0.05) is 36.8 Å². The second-order valence-electron chi connectivity index (χ2n) is 7.63. The zero-order chi connectivity index (χ0) is 25.4. The summed E-state index contributed by atoms with van der Waals surface area (Å²) in [6.07, 6.45) is 3.74. The first-order valence-electron chi connectivity index (χ1n) is 10.9. The number of hydrogen-bond donors (Lipinski definition) is 4. The molecule has 0 aromatic carbocycles. The van der Waals surface area contributed by atoms with Gasteiger partial charge >= 0.3 is 0 Å².